The van der Waals surface area contributed by atoms with Gasteiger partial charge in [-0.25, -0.2) is 0 Å². The van der Waals surface area contributed by atoms with Gasteiger partial charge >= 0.3 is 0 Å². The van der Waals surface area contributed by atoms with Crippen LogP contribution in [0.3, 0.4) is 0 Å². The molecule has 3 rings (SSSR count). The van der Waals surface area contributed by atoms with Gasteiger partial charge < -0.3 is 24.4 Å². The van der Waals surface area contributed by atoms with Crippen molar-refractivity contribution in [2.75, 3.05) is 41.4 Å². The average molecular weight is 445 g/mol. The van der Waals surface area contributed by atoms with E-state index in [9.17, 15) is 14.7 Å². The minimum Gasteiger partial charge on any atom is -0.872 e. The van der Waals surface area contributed by atoms with Gasteiger partial charge in [-0.1, -0.05) is 35.6 Å². The maximum Gasteiger partial charge on any atom is 0.295 e. The molecule has 0 radical (unpaired) electrons. The van der Waals surface area contributed by atoms with Crippen molar-refractivity contribution in [3.8, 4) is 11.5 Å². The molecule has 1 saturated heterocycles. The summed E-state index contributed by atoms with van der Waals surface area (Å²) in [5.74, 6) is -1.02. The third-order valence-corrected chi connectivity index (χ3v) is 5.50. The van der Waals surface area contributed by atoms with Gasteiger partial charge in [-0.2, -0.15) is 0 Å². The number of nitrogens with zero attached hydrogens (tertiary/aromatic N) is 1. The highest BCUT2D eigenvalue weighted by molar-refractivity contribution is 6.46. The van der Waals surface area contributed by atoms with Crippen LogP contribution in [0.15, 0.2) is 48.0 Å². The van der Waals surface area contributed by atoms with E-state index >= 15 is 0 Å². The number of ether oxygens (including phenoxy) is 2. The predicted octanol–water partition coefficient (Wildman–Crippen LogP) is 0.726. The molecule has 0 bridgehead atoms. The first kappa shape index (κ1) is 22.7. The van der Waals surface area contributed by atoms with Crippen molar-refractivity contribution in [1.29, 1.82) is 0 Å². The van der Waals surface area contributed by atoms with E-state index in [0.717, 1.165) is 4.90 Å². The molecule has 0 aromatic heterocycles. The molecular weight excluding hydrogens is 420 g/mol. The summed E-state index contributed by atoms with van der Waals surface area (Å²) in [6, 6.07) is 10.8. The molecule has 1 amide bonds. The van der Waals surface area contributed by atoms with Crippen molar-refractivity contribution in [3.05, 3.63) is 64.2 Å². The Balaban J connectivity index is 2.17. The zero-order valence-corrected chi connectivity index (χ0v) is 18.7. The highest BCUT2D eigenvalue weighted by atomic mass is 35.5. The van der Waals surface area contributed by atoms with Crippen LogP contribution < -0.4 is 19.5 Å². The van der Waals surface area contributed by atoms with Crippen LogP contribution in [-0.4, -0.2) is 58.0 Å². The molecule has 0 saturated carbocycles. The second-order valence-corrected chi connectivity index (χ2v) is 7.96. The van der Waals surface area contributed by atoms with Crippen LogP contribution in [-0.2, 0) is 9.59 Å². The SMILES string of the molecule is COc1cccc(C2C(=C([O-])c3ccc(OC)c(Cl)c3)C(=O)C(=O)N2CC[NH+](C)C)c1. The molecule has 31 heavy (non-hydrogen) atoms. The van der Waals surface area contributed by atoms with Crippen LogP contribution >= 0.6 is 11.6 Å². The van der Waals surface area contributed by atoms with E-state index in [4.69, 9.17) is 21.1 Å². The molecule has 1 unspecified atom stereocenters. The van der Waals surface area contributed by atoms with Crippen molar-refractivity contribution in [2.45, 2.75) is 6.04 Å². The van der Waals surface area contributed by atoms with E-state index in [1.807, 2.05) is 14.1 Å². The molecule has 1 N–H and O–H groups in total. The van der Waals surface area contributed by atoms with Crippen molar-refractivity contribution >= 4 is 29.1 Å². The molecule has 1 atom stereocenters. The number of carbonyl (C=O) groups is 2. The first-order chi connectivity index (χ1) is 14.8. The van der Waals surface area contributed by atoms with Gasteiger partial charge in [0.25, 0.3) is 5.91 Å². The van der Waals surface area contributed by atoms with Gasteiger partial charge in [-0.3, -0.25) is 9.59 Å². The van der Waals surface area contributed by atoms with Gasteiger partial charge in [0, 0.05) is 5.57 Å². The number of quaternary nitrogens is 1. The van der Waals surface area contributed by atoms with Crippen LogP contribution in [0.5, 0.6) is 11.5 Å². The monoisotopic (exact) mass is 444 g/mol. The minimum atomic E-state index is -0.803. The number of benzene rings is 2. The van der Waals surface area contributed by atoms with E-state index in [1.54, 1.807) is 30.3 Å². The average Bonchev–Trinajstić information content (AvgIpc) is 3.01. The number of methoxy groups -OCH3 is 2. The van der Waals surface area contributed by atoms with Crippen LogP contribution in [0.25, 0.3) is 5.76 Å². The summed E-state index contributed by atoms with van der Waals surface area (Å²) in [7, 11) is 6.92. The lowest BCUT2D eigenvalue weighted by atomic mass is 9.95. The summed E-state index contributed by atoms with van der Waals surface area (Å²) < 4.78 is 10.4. The lowest BCUT2D eigenvalue weighted by molar-refractivity contribution is -0.857. The molecule has 2 aromatic rings. The Morgan fingerprint density at radius 3 is 2.48 bits per heavy atom. The number of carbonyl (C=O) groups excluding carboxylic acids is 2. The van der Waals surface area contributed by atoms with Gasteiger partial charge in [0.15, 0.2) is 0 Å². The third kappa shape index (κ3) is 4.52. The molecule has 2 aromatic carbocycles. The molecule has 8 heteroatoms. The highest BCUT2D eigenvalue weighted by Crippen LogP contribution is 2.40. The number of halogens is 1. The molecule has 1 aliphatic rings. The van der Waals surface area contributed by atoms with Gasteiger partial charge in [0.05, 0.1) is 52.5 Å². The molecule has 1 fully saturated rings. The zero-order valence-electron chi connectivity index (χ0n) is 17.9. The smallest absolute Gasteiger partial charge is 0.295 e. The van der Waals surface area contributed by atoms with E-state index in [-0.39, 0.29) is 16.2 Å². The fourth-order valence-electron chi connectivity index (χ4n) is 3.57. The highest BCUT2D eigenvalue weighted by Gasteiger charge is 2.44. The number of likely N-dealkylation sites (N-methyl/N-ethyl adjacent to an activating group) is 1. The predicted molar refractivity (Wildman–Crippen MR) is 115 cm³/mol. The second-order valence-electron chi connectivity index (χ2n) is 7.56. The number of likely N-dealkylation sites (tertiary alicyclic amines) is 1. The van der Waals surface area contributed by atoms with E-state index in [2.05, 4.69) is 0 Å². The Morgan fingerprint density at radius 2 is 1.87 bits per heavy atom. The van der Waals surface area contributed by atoms with Crippen LogP contribution in [0.4, 0.5) is 0 Å². The standard InChI is InChI=1S/C23H25ClN2O5/c1-25(2)10-11-26-20(14-6-5-7-16(12-14)30-3)19(22(28)23(26)29)21(27)15-8-9-18(31-4)17(24)13-15/h5-9,12-13,20,27H,10-11H2,1-4H3. The van der Waals surface area contributed by atoms with Crippen molar-refractivity contribution in [1.82, 2.24) is 4.90 Å². The van der Waals surface area contributed by atoms with Gasteiger partial charge in [-0.05, 0) is 35.4 Å². The number of hydrogen-bond acceptors (Lipinski definition) is 5. The summed E-state index contributed by atoms with van der Waals surface area (Å²) >= 11 is 6.18. The maximum atomic E-state index is 13.4. The molecule has 164 valence electrons. The fraction of sp³-hybridized carbons (Fsp3) is 0.304. The molecule has 1 aliphatic heterocycles. The molecule has 0 spiro atoms. The number of Topliss-reactive ketones (excluding diaryl/α,β-unsaturated/α-hetero) is 1. The first-order valence-corrected chi connectivity index (χ1v) is 10.2. The summed E-state index contributed by atoms with van der Waals surface area (Å²) in [5.41, 5.74) is 0.762. The van der Waals surface area contributed by atoms with Gasteiger partial charge in [0.2, 0.25) is 5.78 Å². The molecule has 1 heterocycles. The Morgan fingerprint density at radius 1 is 1.13 bits per heavy atom. The Bertz CT molecular complexity index is 1030. The number of nitrogens with one attached hydrogen (secondary N) is 1. The van der Waals surface area contributed by atoms with Crippen molar-refractivity contribution in [2.24, 2.45) is 0 Å². The number of amides is 1. The molecule has 0 aliphatic carbocycles. The van der Waals surface area contributed by atoms with E-state index in [1.165, 1.54) is 31.3 Å². The third-order valence-electron chi connectivity index (χ3n) is 5.21. The fourth-order valence-corrected chi connectivity index (χ4v) is 3.82. The van der Waals surface area contributed by atoms with Gasteiger partial charge in [-0.15, -0.1) is 0 Å². The quantitative estimate of drug-likeness (QED) is 0.386. The van der Waals surface area contributed by atoms with Crippen LogP contribution in [0.1, 0.15) is 17.2 Å². The van der Waals surface area contributed by atoms with Crippen LogP contribution in [0, 0.1) is 0 Å². The number of rotatable bonds is 7. The minimum absolute atomic E-state index is 0.0896. The summed E-state index contributed by atoms with van der Waals surface area (Å²) in [6.07, 6.45) is 0. The zero-order chi connectivity index (χ0) is 22.7. The Kier molecular flexibility index (Phi) is 6.87. The van der Waals surface area contributed by atoms with Gasteiger partial charge in [0.1, 0.15) is 11.5 Å². The Hall–Kier alpha value is -3.03. The molecular formula is C23H25ClN2O5. The number of hydrogen-bond donors (Lipinski definition) is 1. The van der Waals surface area contributed by atoms with E-state index in [0.29, 0.717) is 30.2 Å². The van der Waals surface area contributed by atoms with Crippen molar-refractivity contribution in [3.63, 3.8) is 0 Å². The first-order valence-electron chi connectivity index (χ1n) is 9.81. The summed E-state index contributed by atoms with van der Waals surface area (Å²) in [6.45, 7) is 0.949. The molecule has 7 nitrogen and oxygen atoms in total. The van der Waals surface area contributed by atoms with Crippen LogP contribution in [0.2, 0.25) is 5.02 Å². The van der Waals surface area contributed by atoms with Crippen molar-refractivity contribution < 1.29 is 29.1 Å². The normalized spacial score (nSPS) is 18.0. The number of ketones is 1. The largest absolute Gasteiger partial charge is 0.872 e. The summed E-state index contributed by atoms with van der Waals surface area (Å²) in [5, 5.41) is 13.7. The summed E-state index contributed by atoms with van der Waals surface area (Å²) in [4.78, 5) is 28.4. The second kappa shape index (κ2) is 9.41. The Labute approximate surface area is 186 Å². The lowest BCUT2D eigenvalue weighted by Crippen LogP contribution is -3.06. The topological polar surface area (TPSA) is 83.3 Å². The lowest BCUT2D eigenvalue weighted by Gasteiger charge is -2.28. The maximum absolute atomic E-state index is 13.4. The van der Waals surface area contributed by atoms with E-state index < -0.39 is 23.5 Å².